The monoisotopic (exact) mass is 1890 g/mol. The largest absolute Gasteiger partial charge is 0.491 e. The highest BCUT2D eigenvalue weighted by Crippen LogP contribution is 2.41. The summed E-state index contributed by atoms with van der Waals surface area (Å²) in [6.45, 7) is 21.9. The van der Waals surface area contributed by atoms with Crippen LogP contribution in [0.5, 0.6) is 17.2 Å². The molecular formula is C94H100Cl2FN33O7. The summed E-state index contributed by atoms with van der Waals surface area (Å²) < 4.78 is 56.4. The minimum absolute atomic E-state index is 0.0584. The molecule has 15 heterocycles. The molecule has 0 radical (unpaired) electrons. The number of ether oxygens (including phenoxy) is 5. The number of nitrogens with two attached hydrogens (primary N) is 5. The first-order valence-electron chi connectivity index (χ1n) is 43.6. The lowest BCUT2D eigenvalue weighted by molar-refractivity contribution is 0.0965. The average molecular weight is 1890 g/mol. The second-order valence-electron chi connectivity index (χ2n) is 32.8. The lowest BCUT2D eigenvalue weighted by atomic mass is 9.99. The summed E-state index contributed by atoms with van der Waals surface area (Å²) in [5, 5.41) is 41.7. The number of nitrogen functional groups attached to an aromatic ring is 5. The molecule has 21 rings (SSSR count). The minimum Gasteiger partial charge on any atom is -0.491 e. The molecule has 0 unspecified atom stereocenters. The molecular weight excluding hydrogens is 1790 g/mol. The number of halogens is 3. The Kier molecular flexibility index (Phi) is 27.8. The summed E-state index contributed by atoms with van der Waals surface area (Å²) >= 11 is 12.8. The van der Waals surface area contributed by atoms with E-state index in [9.17, 15) is 9.18 Å². The number of nitrogens with one attached hydrogen (secondary N) is 3. The number of morpholine rings is 2. The molecule has 3 aliphatic heterocycles. The molecule has 0 spiro atoms. The molecule has 0 atom stereocenters. The van der Waals surface area contributed by atoms with Gasteiger partial charge in [-0.15, -0.1) is 0 Å². The molecule has 0 bridgehead atoms. The number of amides is 1. The molecule has 6 aromatic carbocycles. The molecule has 2 fully saturated rings. The molecule has 18 aromatic rings. The van der Waals surface area contributed by atoms with Crippen molar-refractivity contribution in [3.63, 3.8) is 0 Å². The molecule has 137 heavy (non-hydrogen) atoms. The number of rotatable bonds is 16. The van der Waals surface area contributed by atoms with E-state index in [1.807, 2.05) is 176 Å². The van der Waals surface area contributed by atoms with Gasteiger partial charge in [0.05, 0.1) is 98.7 Å². The van der Waals surface area contributed by atoms with Gasteiger partial charge in [-0.25, -0.2) is 92.6 Å². The van der Waals surface area contributed by atoms with Crippen molar-refractivity contribution in [3.05, 3.63) is 197 Å². The second-order valence-corrected chi connectivity index (χ2v) is 33.6. The van der Waals surface area contributed by atoms with Gasteiger partial charge < -0.3 is 77.2 Å². The van der Waals surface area contributed by atoms with E-state index in [1.165, 1.54) is 37.7 Å². The predicted octanol–water partition coefficient (Wildman–Crippen LogP) is 13.5. The van der Waals surface area contributed by atoms with Crippen molar-refractivity contribution in [2.45, 2.75) is 80.2 Å². The van der Waals surface area contributed by atoms with E-state index in [1.54, 1.807) is 55.0 Å². The van der Waals surface area contributed by atoms with Crippen LogP contribution in [0.15, 0.2) is 152 Å². The van der Waals surface area contributed by atoms with Crippen LogP contribution >= 0.6 is 23.2 Å². The molecule has 12 aromatic heterocycles. The van der Waals surface area contributed by atoms with E-state index in [0.29, 0.717) is 127 Å². The SMILES string of the molecule is CC(C)Oc1ccc(-c2nn(C)c3ncnc(N)c23)cc1Cl.CC(C)Oc1ccc(-c2nn(C)c3ncnc(N4CCOCC4)c23)cc1F.CNc1ncnc(N)c1C(=N)c1ccc2c(c1)C(=O)NC2.Cc1cc(-c2nn(C)c3ncnc(N)c23)ccc1OC(C)C.Cc1nc2ccc(-c3nn(C)c4ncnc(N)c34)cc2o1.Cn1nc(-c2ccc(N3CCOCC3)c(Cl)c2)c2c(N)ncnc21. The average Bonchev–Trinajstić information content (AvgIpc) is 1.62. The lowest BCUT2D eigenvalue weighted by Crippen LogP contribution is -2.36. The summed E-state index contributed by atoms with van der Waals surface area (Å²) in [6, 6.07) is 33.5. The summed E-state index contributed by atoms with van der Waals surface area (Å²) in [5.74, 6) is 5.03. The van der Waals surface area contributed by atoms with Crippen LogP contribution in [0.2, 0.25) is 10.0 Å². The maximum atomic E-state index is 14.5. The van der Waals surface area contributed by atoms with Gasteiger partial charge in [0.2, 0.25) is 0 Å². The van der Waals surface area contributed by atoms with Gasteiger partial charge in [-0.05, 0) is 145 Å². The van der Waals surface area contributed by atoms with Crippen LogP contribution in [0.1, 0.15) is 80.0 Å². The Bertz CT molecular complexity index is 7430. The van der Waals surface area contributed by atoms with Gasteiger partial charge in [0.25, 0.3) is 5.91 Å². The molecule has 3 aliphatic rings. The molecule has 0 saturated carbocycles. The normalized spacial score (nSPS) is 12.9. The first-order chi connectivity index (χ1) is 65.9. The van der Waals surface area contributed by atoms with E-state index >= 15 is 0 Å². The Morgan fingerprint density at radius 2 is 0.876 bits per heavy atom. The Labute approximate surface area is 794 Å². The number of aromatic nitrogens is 23. The number of carbonyl (C=O) groups excluding carboxylic acids is 1. The fraction of sp³-hybridized carbons (Fsp3) is 0.277. The maximum absolute atomic E-state index is 14.5. The van der Waals surface area contributed by atoms with Crippen molar-refractivity contribution < 1.29 is 37.3 Å². The van der Waals surface area contributed by atoms with Gasteiger partial charge in [0, 0.05) is 121 Å². The van der Waals surface area contributed by atoms with Crippen LogP contribution < -0.4 is 63.3 Å². The summed E-state index contributed by atoms with van der Waals surface area (Å²) in [6.07, 6.45) is 8.75. The highest BCUT2D eigenvalue weighted by molar-refractivity contribution is 6.34. The topological polar surface area (TPSA) is 518 Å². The van der Waals surface area contributed by atoms with E-state index < -0.39 is 5.82 Å². The number of fused-ring (bicyclic) bond motifs is 7. The maximum Gasteiger partial charge on any atom is 0.251 e. The fourth-order valence-electron chi connectivity index (χ4n) is 16.0. The molecule has 1 amide bonds. The second kappa shape index (κ2) is 40.4. The van der Waals surface area contributed by atoms with Crippen LogP contribution in [-0.2, 0) is 51.3 Å². The number of hydrogen-bond acceptors (Lipinski definition) is 34. The molecule has 0 aliphatic carbocycles. The van der Waals surface area contributed by atoms with E-state index in [-0.39, 0.29) is 41.5 Å². The number of anilines is 8. The van der Waals surface area contributed by atoms with Crippen LogP contribution in [0.4, 0.5) is 50.8 Å². The zero-order valence-electron chi connectivity index (χ0n) is 77.5. The number of benzene rings is 6. The van der Waals surface area contributed by atoms with Gasteiger partial charge in [-0.2, -0.15) is 25.5 Å². The van der Waals surface area contributed by atoms with Gasteiger partial charge in [0.1, 0.15) is 124 Å². The van der Waals surface area contributed by atoms with Crippen molar-refractivity contribution in [2.24, 2.45) is 35.2 Å². The Morgan fingerprint density at radius 3 is 1.36 bits per heavy atom. The molecule has 2 saturated heterocycles. The number of nitrogens with zero attached hydrogens (tertiary/aromatic N) is 25. The van der Waals surface area contributed by atoms with Gasteiger partial charge in [0.15, 0.2) is 51.3 Å². The Hall–Kier alpha value is -16.0. The zero-order valence-corrected chi connectivity index (χ0v) is 79.0. The van der Waals surface area contributed by atoms with Gasteiger partial charge >= 0.3 is 0 Å². The van der Waals surface area contributed by atoms with Crippen molar-refractivity contribution in [1.82, 2.24) is 119 Å². The molecule has 13 N–H and O–H groups in total. The summed E-state index contributed by atoms with van der Waals surface area (Å²) in [5.41, 5.74) is 47.6. The minimum atomic E-state index is -0.412. The van der Waals surface area contributed by atoms with Crippen molar-refractivity contribution in [1.29, 1.82) is 5.41 Å². The smallest absolute Gasteiger partial charge is 0.251 e. The van der Waals surface area contributed by atoms with Crippen LogP contribution in [-0.4, -0.2) is 203 Å². The number of aryl methyl sites for hydroxylation is 7. The third kappa shape index (κ3) is 20.0. The highest BCUT2D eigenvalue weighted by atomic mass is 35.5. The van der Waals surface area contributed by atoms with Crippen LogP contribution in [0.25, 0.3) is 123 Å². The summed E-state index contributed by atoms with van der Waals surface area (Å²) in [7, 11) is 10.9. The van der Waals surface area contributed by atoms with Gasteiger partial charge in [-0.3, -0.25) is 10.2 Å². The number of oxazole rings is 1. The van der Waals surface area contributed by atoms with E-state index in [0.717, 1.165) is 151 Å². The van der Waals surface area contributed by atoms with E-state index in [4.69, 9.17) is 85.4 Å². The fourth-order valence-corrected chi connectivity index (χ4v) is 16.5. The van der Waals surface area contributed by atoms with Crippen LogP contribution in [0, 0.1) is 25.1 Å². The molecule has 40 nitrogen and oxygen atoms in total. The zero-order chi connectivity index (χ0) is 96.9. The lowest BCUT2D eigenvalue weighted by Gasteiger charge is -2.29. The first kappa shape index (κ1) is 94.2. The van der Waals surface area contributed by atoms with Gasteiger partial charge in [-0.1, -0.05) is 47.5 Å². The first-order valence-corrected chi connectivity index (χ1v) is 44.4. The van der Waals surface area contributed by atoms with Crippen molar-refractivity contribution in [2.75, 3.05) is 103 Å². The third-order valence-corrected chi connectivity index (χ3v) is 22.8. The summed E-state index contributed by atoms with van der Waals surface area (Å²) in [4.78, 5) is 70.5. The highest BCUT2D eigenvalue weighted by Gasteiger charge is 2.28. The third-order valence-electron chi connectivity index (χ3n) is 22.2. The Morgan fingerprint density at radius 1 is 0.467 bits per heavy atom. The van der Waals surface area contributed by atoms with Crippen molar-refractivity contribution >= 4 is 147 Å². The van der Waals surface area contributed by atoms with Crippen LogP contribution in [0.3, 0.4) is 0 Å². The molecule has 43 heteroatoms. The number of carbonyl (C=O) groups is 1. The van der Waals surface area contributed by atoms with E-state index in [2.05, 4.69) is 111 Å². The standard InChI is InChI=1S/C19H22FN5O2.C16H17ClN6O.C16H19N5O.C15H16ClN5O.C14H12N6O.C14H14N6O/c1-12(2)27-15-5-4-13(10-14(15)20)17-16-18(24(3)23-17)21-11-22-19(16)25-6-8-26-9-7-25;1-22-16-13(15(18)19-9-20-16)14(21-22)10-2-3-12(11(17)8-10)23-4-6-24-7-5-23;1-9(2)22-12-6-5-11(7-10(12)3)14-13-15(17)18-8-19-16(13)21(4)20-14;1-8(2)22-11-5-4-9(6-10(11)16)13-12-14(17)18-7-19-15(12)21(3)20-13;1-7-18-9-4-3-8(5-10(9)21-7)12-11-13(15)16-6-17-14(11)20(2)19-12;1-17-13-10(12(16)19-6-20-13)11(15)7-2-3-8-5-18-14(21)9(8)4-7/h4-5,10-12H,6-9H2,1-3H3;2-3,8-9H,4-7H2,1H3,(H2,18,19,20);5-9H,1-4H3,(H2,17,18,19);4-8H,1-3H3,(H2,17,18,19);3-6H,1-2H3,(H2,15,16,17);2-4,6,15H,5H2,1H3,(H,18,21)(H3,16,17,19,20). The van der Waals surface area contributed by atoms with Crippen molar-refractivity contribution in [3.8, 4) is 73.5 Å². The number of hydrogen-bond donors (Lipinski definition) is 8. The molecule has 704 valence electrons. The predicted molar refractivity (Wildman–Crippen MR) is 526 cm³/mol. The quantitative estimate of drug-likeness (QED) is 0.0416. The Balaban J connectivity index is 0.000000119.